The Morgan fingerprint density at radius 2 is 0.833 bits per heavy atom. The fourth-order valence-electron chi connectivity index (χ4n) is 7.68. The van der Waals surface area contributed by atoms with Crippen molar-refractivity contribution in [3.05, 3.63) is 0 Å². The Morgan fingerprint density at radius 1 is 0.463 bits per heavy atom. The summed E-state index contributed by atoms with van der Waals surface area (Å²) < 4.78 is 11.7. The number of nitrogens with zero attached hydrogens (tertiary/aromatic N) is 1. The van der Waals surface area contributed by atoms with E-state index in [9.17, 15) is 15.0 Å². The van der Waals surface area contributed by atoms with E-state index in [1.165, 1.54) is 180 Å². The number of hydrogen-bond donors (Lipinski definition) is 2. The van der Waals surface area contributed by atoms with Crippen molar-refractivity contribution in [1.82, 2.24) is 4.90 Å². The first kappa shape index (κ1) is 53.3. The topological polar surface area (TPSA) is 79.2 Å². The van der Waals surface area contributed by atoms with E-state index in [0.717, 1.165) is 71.0 Å². The molecule has 0 amide bonds. The van der Waals surface area contributed by atoms with Gasteiger partial charge in [0.2, 0.25) is 0 Å². The Kier molecular flexibility index (Phi) is 44.4. The molecule has 6 heteroatoms. The van der Waals surface area contributed by atoms with Gasteiger partial charge in [-0.3, -0.25) is 4.79 Å². The molecule has 0 bridgehead atoms. The molecule has 0 saturated heterocycles. The molecule has 324 valence electrons. The van der Waals surface area contributed by atoms with Crippen molar-refractivity contribution >= 4 is 5.97 Å². The summed E-state index contributed by atoms with van der Waals surface area (Å²) in [6.45, 7) is 10.6. The standard InChI is InChI=1S/C48H97NO5/c1-4-7-10-13-16-21-29-36-45-53-47(51)39-32-25-19-17-20-27-34-41-49(43-44-50)42-35-28-22-26-33-40-48(52)54-46(37-30-23-15-12-9-6-3)38-31-24-18-14-11-8-5-2/h46-47,50-51H,4-45H2,1-3H3. The molecule has 0 aliphatic carbocycles. The number of unbranched alkanes of at least 4 members (excludes halogenated alkanes) is 28. The van der Waals surface area contributed by atoms with Gasteiger partial charge in [0.1, 0.15) is 6.10 Å². The first-order valence-electron chi connectivity index (χ1n) is 24.4. The second-order valence-corrected chi connectivity index (χ2v) is 16.7. The number of hydrogen-bond acceptors (Lipinski definition) is 6. The number of esters is 1. The summed E-state index contributed by atoms with van der Waals surface area (Å²) in [6.07, 6.45) is 44.2. The lowest BCUT2D eigenvalue weighted by molar-refractivity contribution is -0.150. The minimum Gasteiger partial charge on any atom is -0.462 e. The number of aliphatic hydroxyl groups excluding tert-OH is 2. The Hall–Kier alpha value is -0.690. The van der Waals surface area contributed by atoms with Crippen LogP contribution in [0.25, 0.3) is 0 Å². The molecule has 54 heavy (non-hydrogen) atoms. The molecule has 0 aromatic heterocycles. The average Bonchev–Trinajstić information content (AvgIpc) is 3.16. The first-order valence-corrected chi connectivity index (χ1v) is 24.4. The normalized spacial score (nSPS) is 12.9. The lowest BCUT2D eigenvalue weighted by atomic mass is 10.0. The third-order valence-electron chi connectivity index (χ3n) is 11.3. The highest BCUT2D eigenvalue weighted by Gasteiger charge is 2.14. The lowest BCUT2D eigenvalue weighted by Crippen LogP contribution is -2.29. The highest BCUT2D eigenvalue weighted by atomic mass is 16.6. The third kappa shape index (κ3) is 41.0. The summed E-state index contributed by atoms with van der Waals surface area (Å²) in [6, 6.07) is 0. The molecule has 0 spiro atoms. The zero-order chi connectivity index (χ0) is 39.4. The summed E-state index contributed by atoms with van der Waals surface area (Å²) >= 11 is 0. The molecular weight excluding hydrogens is 671 g/mol. The lowest BCUT2D eigenvalue weighted by Gasteiger charge is -2.21. The Morgan fingerprint density at radius 3 is 1.28 bits per heavy atom. The van der Waals surface area contributed by atoms with Gasteiger partial charge < -0.3 is 24.6 Å². The average molecular weight is 768 g/mol. The van der Waals surface area contributed by atoms with Gasteiger partial charge in [-0.05, 0) is 77.3 Å². The van der Waals surface area contributed by atoms with Crippen LogP contribution in [0.3, 0.4) is 0 Å². The second kappa shape index (κ2) is 45.0. The van der Waals surface area contributed by atoms with E-state index >= 15 is 0 Å². The van der Waals surface area contributed by atoms with E-state index in [0.29, 0.717) is 13.0 Å². The van der Waals surface area contributed by atoms with E-state index in [-0.39, 0.29) is 18.7 Å². The highest BCUT2D eigenvalue weighted by molar-refractivity contribution is 5.69. The molecule has 0 aromatic rings. The SMILES string of the molecule is CCCCCCCCCCOC(O)CCCCCCCCCN(CCO)CCCCCCCC(=O)OC(CCCCCCCC)CCCCCCCCC. The van der Waals surface area contributed by atoms with Crippen LogP contribution in [0.2, 0.25) is 0 Å². The predicted octanol–water partition coefficient (Wildman–Crippen LogP) is 14.0. The van der Waals surface area contributed by atoms with Gasteiger partial charge in [-0.25, -0.2) is 0 Å². The van der Waals surface area contributed by atoms with Gasteiger partial charge in [0.15, 0.2) is 6.29 Å². The maximum Gasteiger partial charge on any atom is 0.306 e. The van der Waals surface area contributed by atoms with Crippen LogP contribution < -0.4 is 0 Å². The van der Waals surface area contributed by atoms with E-state index in [2.05, 4.69) is 25.7 Å². The molecule has 0 rings (SSSR count). The van der Waals surface area contributed by atoms with Crippen molar-refractivity contribution in [2.24, 2.45) is 0 Å². The van der Waals surface area contributed by atoms with Crippen molar-refractivity contribution in [2.75, 3.05) is 32.8 Å². The van der Waals surface area contributed by atoms with Gasteiger partial charge >= 0.3 is 5.97 Å². The van der Waals surface area contributed by atoms with Gasteiger partial charge in [-0.2, -0.15) is 0 Å². The second-order valence-electron chi connectivity index (χ2n) is 16.7. The summed E-state index contributed by atoms with van der Waals surface area (Å²) in [7, 11) is 0. The summed E-state index contributed by atoms with van der Waals surface area (Å²) in [5, 5.41) is 19.7. The number of rotatable bonds is 46. The van der Waals surface area contributed by atoms with Gasteiger partial charge in [0, 0.05) is 19.6 Å². The van der Waals surface area contributed by atoms with Gasteiger partial charge in [0.05, 0.1) is 6.61 Å². The molecule has 0 aromatic carbocycles. The number of ether oxygens (including phenoxy) is 2. The number of carbonyl (C=O) groups is 1. The van der Waals surface area contributed by atoms with E-state index in [1.807, 2.05) is 0 Å². The van der Waals surface area contributed by atoms with Crippen LogP contribution >= 0.6 is 0 Å². The monoisotopic (exact) mass is 768 g/mol. The summed E-state index contributed by atoms with van der Waals surface area (Å²) in [5.74, 6) is 0.0241. The molecule has 0 heterocycles. The predicted molar refractivity (Wildman–Crippen MR) is 233 cm³/mol. The zero-order valence-corrected chi connectivity index (χ0v) is 36.9. The van der Waals surface area contributed by atoms with Crippen molar-refractivity contribution in [3.63, 3.8) is 0 Å². The molecule has 0 saturated carbocycles. The maximum atomic E-state index is 12.7. The van der Waals surface area contributed by atoms with Crippen LogP contribution in [0.15, 0.2) is 0 Å². The Labute approximate surface area is 338 Å². The van der Waals surface area contributed by atoms with Crippen molar-refractivity contribution < 1.29 is 24.5 Å². The van der Waals surface area contributed by atoms with E-state index < -0.39 is 6.29 Å². The van der Waals surface area contributed by atoms with E-state index in [1.54, 1.807) is 0 Å². The van der Waals surface area contributed by atoms with Crippen LogP contribution in [-0.4, -0.2) is 66.3 Å². The number of carbonyl (C=O) groups excluding carboxylic acids is 1. The minimum atomic E-state index is -0.586. The maximum absolute atomic E-state index is 12.7. The van der Waals surface area contributed by atoms with Gasteiger partial charge in [0.25, 0.3) is 0 Å². The van der Waals surface area contributed by atoms with Crippen molar-refractivity contribution in [3.8, 4) is 0 Å². The molecule has 2 atom stereocenters. The molecule has 0 fully saturated rings. The summed E-state index contributed by atoms with van der Waals surface area (Å²) in [4.78, 5) is 15.2. The largest absolute Gasteiger partial charge is 0.462 e. The zero-order valence-electron chi connectivity index (χ0n) is 36.9. The van der Waals surface area contributed by atoms with Crippen LogP contribution in [0.1, 0.15) is 258 Å². The molecular formula is C48H97NO5. The number of aliphatic hydroxyl groups is 2. The molecule has 2 N–H and O–H groups in total. The quantitative estimate of drug-likeness (QED) is 0.0365. The van der Waals surface area contributed by atoms with Crippen molar-refractivity contribution in [1.29, 1.82) is 0 Å². The minimum absolute atomic E-state index is 0.0241. The Balaban J connectivity index is 3.90. The smallest absolute Gasteiger partial charge is 0.306 e. The Bertz CT molecular complexity index is 721. The molecule has 2 unspecified atom stereocenters. The molecule has 0 aliphatic heterocycles. The fraction of sp³-hybridized carbons (Fsp3) is 0.979. The van der Waals surface area contributed by atoms with E-state index in [4.69, 9.17) is 9.47 Å². The van der Waals surface area contributed by atoms with Crippen LogP contribution in [-0.2, 0) is 14.3 Å². The molecule has 6 nitrogen and oxygen atoms in total. The summed E-state index contributed by atoms with van der Waals surface area (Å²) in [5.41, 5.74) is 0. The van der Waals surface area contributed by atoms with Gasteiger partial charge in [-0.1, -0.05) is 188 Å². The fourth-order valence-corrected chi connectivity index (χ4v) is 7.68. The molecule has 0 aliphatic rings. The van der Waals surface area contributed by atoms with Crippen LogP contribution in [0, 0.1) is 0 Å². The third-order valence-corrected chi connectivity index (χ3v) is 11.3. The van der Waals surface area contributed by atoms with Crippen LogP contribution in [0.5, 0.6) is 0 Å². The van der Waals surface area contributed by atoms with Crippen LogP contribution in [0.4, 0.5) is 0 Å². The van der Waals surface area contributed by atoms with Gasteiger partial charge in [-0.15, -0.1) is 0 Å². The highest BCUT2D eigenvalue weighted by Crippen LogP contribution is 2.19. The first-order chi connectivity index (χ1) is 26.6. The van der Waals surface area contributed by atoms with Crippen molar-refractivity contribution in [2.45, 2.75) is 271 Å². The molecule has 0 radical (unpaired) electrons.